The number of methoxy groups -OCH3 is 1. The van der Waals surface area contributed by atoms with Crippen LogP contribution in [0, 0.1) is 0 Å². The fourth-order valence-electron chi connectivity index (χ4n) is 1.18. The van der Waals surface area contributed by atoms with Gasteiger partial charge in [-0.25, -0.2) is 4.79 Å². The predicted molar refractivity (Wildman–Crippen MR) is 58.3 cm³/mol. The van der Waals surface area contributed by atoms with Gasteiger partial charge in [0.15, 0.2) is 5.65 Å². The second-order valence-electron chi connectivity index (χ2n) is 3.02. The highest BCUT2D eigenvalue weighted by Gasteiger charge is 2.12. The van der Waals surface area contributed by atoms with Gasteiger partial charge < -0.3 is 19.6 Å². The number of hydrogen-bond acceptors (Lipinski definition) is 5. The zero-order valence-corrected chi connectivity index (χ0v) is 9.34. The minimum atomic E-state index is -0.993. The molecule has 6 nitrogen and oxygen atoms in total. The molecule has 0 atom stereocenters. The molecule has 0 bridgehead atoms. The van der Waals surface area contributed by atoms with Gasteiger partial charge in [0.25, 0.3) is 5.19 Å². The Morgan fingerprint density at radius 2 is 2.44 bits per heavy atom. The van der Waals surface area contributed by atoms with E-state index in [0.29, 0.717) is 24.1 Å². The van der Waals surface area contributed by atoms with Gasteiger partial charge in [-0.05, 0) is 6.07 Å². The van der Waals surface area contributed by atoms with Crippen molar-refractivity contribution in [1.29, 1.82) is 0 Å². The van der Waals surface area contributed by atoms with Crippen LogP contribution < -0.4 is 4.74 Å². The van der Waals surface area contributed by atoms with Crippen LogP contribution in [0.1, 0.15) is 10.5 Å². The second kappa shape index (κ2) is 4.50. The smallest absolute Gasteiger partial charge is 0.352 e. The van der Waals surface area contributed by atoms with Gasteiger partial charge in [0.05, 0.1) is 11.3 Å². The van der Waals surface area contributed by atoms with Crippen LogP contribution >= 0.6 is 11.3 Å². The van der Waals surface area contributed by atoms with Crippen molar-refractivity contribution in [2.45, 2.75) is 0 Å². The number of aromatic carboxylic acids is 1. The minimum Gasteiger partial charge on any atom is -0.477 e. The second-order valence-corrected chi connectivity index (χ2v) is 4.02. The van der Waals surface area contributed by atoms with Crippen LogP contribution in [0.3, 0.4) is 0 Å². The number of aromatic nitrogens is 2. The van der Waals surface area contributed by atoms with E-state index in [0.717, 1.165) is 4.70 Å². The number of H-pyrrole nitrogens is 1. The number of hydrogen-bond donors (Lipinski definition) is 2. The van der Waals surface area contributed by atoms with Crippen LogP contribution in [0.5, 0.6) is 5.19 Å². The molecule has 0 unspecified atom stereocenters. The standard InChI is InChI=1S/C9H10N2O4S/c1-14-2-3-15-9-11-7-6(16-9)4-5(10-7)8(12)13/h4,10H,2-3H2,1H3,(H,12,13). The third-order valence-electron chi connectivity index (χ3n) is 1.91. The molecule has 0 aliphatic carbocycles. The first-order chi connectivity index (χ1) is 7.70. The lowest BCUT2D eigenvalue weighted by atomic mass is 10.4. The van der Waals surface area contributed by atoms with Crippen molar-refractivity contribution in [3.8, 4) is 5.19 Å². The molecule has 2 aromatic heterocycles. The summed E-state index contributed by atoms with van der Waals surface area (Å²) in [6.07, 6.45) is 0. The highest BCUT2D eigenvalue weighted by Crippen LogP contribution is 2.28. The van der Waals surface area contributed by atoms with Gasteiger partial charge in [0.2, 0.25) is 0 Å². The maximum Gasteiger partial charge on any atom is 0.352 e. The molecule has 0 aromatic carbocycles. The van der Waals surface area contributed by atoms with Crippen molar-refractivity contribution in [3.05, 3.63) is 11.8 Å². The molecular weight excluding hydrogens is 232 g/mol. The monoisotopic (exact) mass is 242 g/mol. The number of nitrogens with zero attached hydrogens (tertiary/aromatic N) is 1. The molecule has 0 radical (unpaired) electrons. The third-order valence-corrected chi connectivity index (χ3v) is 2.82. The maximum atomic E-state index is 10.7. The molecule has 86 valence electrons. The van der Waals surface area contributed by atoms with Crippen LogP contribution in [0.2, 0.25) is 0 Å². The van der Waals surface area contributed by atoms with E-state index >= 15 is 0 Å². The Kier molecular flexibility index (Phi) is 3.07. The molecule has 16 heavy (non-hydrogen) atoms. The molecule has 0 amide bonds. The number of fused-ring (bicyclic) bond motifs is 1. The minimum absolute atomic E-state index is 0.136. The summed E-state index contributed by atoms with van der Waals surface area (Å²) in [7, 11) is 1.59. The topological polar surface area (TPSA) is 84.4 Å². The van der Waals surface area contributed by atoms with Gasteiger partial charge in [-0.3, -0.25) is 0 Å². The van der Waals surface area contributed by atoms with E-state index < -0.39 is 5.97 Å². The SMILES string of the molecule is COCCOc1nc2[nH]c(C(=O)O)cc2s1. The average Bonchev–Trinajstić information content (AvgIpc) is 2.75. The van der Waals surface area contributed by atoms with Crippen molar-refractivity contribution in [1.82, 2.24) is 9.97 Å². The summed E-state index contributed by atoms with van der Waals surface area (Å²) in [5.74, 6) is -0.993. The quantitative estimate of drug-likeness (QED) is 0.773. The largest absolute Gasteiger partial charge is 0.477 e. The molecule has 2 heterocycles. The third kappa shape index (κ3) is 2.15. The number of thiazole rings is 1. The lowest BCUT2D eigenvalue weighted by Gasteiger charge is -1.99. The number of carboxylic acids is 1. The van der Waals surface area contributed by atoms with Gasteiger partial charge in [0.1, 0.15) is 12.3 Å². The van der Waals surface area contributed by atoms with E-state index in [2.05, 4.69) is 9.97 Å². The van der Waals surface area contributed by atoms with Crippen LogP contribution in [0.25, 0.3) is 10.3 Å². The van der Waals surface area contributed by atoms with Gasteiger partial charge in [-0.2, -0.15) is 4.98 Å². The molecular formula is C9H10N2O4S. The van der Waals surface area contributed by atoms with E-state index in [1.54, 1.807) is 13.2 Å². The van der Waals surface area contributed by atoms with Crippen molar-refractivity contribution >= 4 is 27.7 Å². The van der Waals surface area contributed by atoms with Crippen LogP contribution in [0.4, 0.5) is 0 Å². The van der Waals surface area contributed by atoms with Crippen molar-refractivity contribution < 1.29 is 19.4 Å². The molecule has 7 heteroatoms. The predicted octanol–water partition coefficient (Wildman–Crippen LogP) is 1.35. The molecule has 0 spiro atoms. The van der Waals surface area contributed by atoms with E-state index in [-0.39, 0.29) is 5.69 Å². The zero-order chi connectivity index (χ0) is 11.5. The Morgan fingerprint density at radius 1 is 1.62 bits per heavy atom. The molecule has 0 saturated carbocycles. The summed E-state index contributed by atoms with van der Waals surface area (Å²) in [4.78, 5) is 17.5. The van der Waals surface area contributed by atoms with Gasteiger partial charge >= 0.3 is 5.97 Å². The summed E-state index contributed by atoms with van der Waals surface area (Å²) in [5, 5.41) is 9.25. The van der Waals surface area contributed by atoms with E-state index in [4.69, 9.17) is 14.6 Å². The molecule has 0 fully saturated rings. The molecule has 0 aliphatic rings. The Bertz CT molecular complexity index is 473. The molecule has 2 rings (SSSR count). The lowest BCUT2D eigenvalue weighted by Crippen LogP contribution is -2.03. The van der Waals surface area contributed by atoms with E-state index in [1.165, 1.54) is 11.3 Å². The fourth-order valence-corrected chi connectivity index (χ4v) is 2.02. The zero-order valence-electron chi connectivity index (χ0n) is 8.52. The van der Waals surface area contributed by atoms with E-state index in [1.807, 2.05) is 0 Å². The number of nitrogens with one attached hydrogen (secondary N) is 1. The van der Waals surface area contributed by atoms with Crippen LogP contribution in [-0.2, 0) is 4.74 Å². The van der Waals surface area contributed by atoms with Crippen LogP contribution in [0.15, 0.2) is 6.07 Å². The highest BCUT2D eigenvalue weighted by molar-refractivity contribution is 7.20. The molecule has 2 N–H and O–H groups in total. The summed E-state index contributed by atoms with van der Waals surface area (Å²) >= 11 is 1.30. The van der Waals surface area contributed by atoms with E-state index in [9.17, 15) is 4.79 Å². The number of ether oxygens (including phenoxy) is 2. The number of carbonyl (C=O) groups is 1. The first-order valence-corrected chi connectivity index (χ1v) is 5.37. The first-order valence-electron chi connectivity index (χ1n) is 4.55. The Balaban J connectivity index is 2.13. The Labute approximate surface area is 94.8 Å². The van der Waals surface area contributed by atoms with Crippen molar-refractivity contribution in [2.24, 2.45) is 0 Å². The van der Waals surface area contributed by atoms with Gasteiger partial charge in [-0.15, -0.1) is 0 Å². The van der Waals surface area contributed by atoms with Gasteiger partial charge in [-0.1, -0.05) is 11.3 Å². The Hall–Kier alpha value is -1.60. The van der Waals surface area contributed by atoms with Crippen LogP contribution in [-0.4, -0.2) is 41.4 Å². The summed E-state index contributed by atoms with van der Waals surface area (Å²) in [5.41, 5.74) is 0.673. The molecule has 0 saturated heterocycles. The number of carboxylic acid groups (broad SMARTS) is 1. The fraction of sp³-hybridized carbons (Fsp3) is 0.333. The lowest BCUT2D eigenvalue weighted by molar-refractivity contribution is 0.0691. The maximum absolute atomic E-state index is 10.7. The normalized spacial score (nSPS) is 10.8. The van der Waals surface area contributed by atoms with Crippen molar-refractivity contribution in [3.63, 3.8) is 0 Å². The summed E-state index contributed by atoms with van der Waals surface area (Å²) in [6, 6.07) is 1.54. The summed E-state index contributed by atoms with van der Waals surface area (Å²) in [6.45, 7) is 0.923. The first kappa shape index (κ1) is 10.9. The Morgan fingerprint density at radius 3 is 3.06 bits per heavy atom. The highest BCUT2D eigenvalue weighted by atomic mass is 32.1. The number of rotatable bonds is 5. The molecule has 2 aromatic rings. The number of aromatic amines is 1. The average molecular weight is 242 g/mol. The van der Waals surface area contributed by atoms with Crippen molar-refractivity contribution in [2.75, 3.05) is 20.3 Å². The summed E-state index contributed by atoms with van der Waals surface area (Å²) < 4.78 is 10.9. The van der Waals surface area contributed by atoms with Gasteiger partial charge in [0, 0.05) is 7.11 Å². The molecule has 0 aliphatic heterocycles.